The predicted octanol–water partition coefficient (Wildman–Crippen LogP) is 13.4. The van der Waals surface area contributed by atoms with Crippen LogP contribution in [-0.4, -0.2) is 15.0 Å². The van der Waals surface area contributed by atoms with Gasteiger partial charge in [0.05, 0.1) is 0 Å². The normalized spacial score (nSPS) is 11.9. The van der Waals surface area contributed by atoms with E-state index in [0.717, 1.165) is 82.8 Å². The molecule has 9 aromatic rings. The van der Waals surface area contributed by atoms with Crippen LogP contribution < -0.4 is 0 Å². The Balaban J connectivity index is 1.38. The Labute approximate surface area is 314 Å². The third-order valence-corrected chi connectivity index (χ3v) is 9.80. The first-order valence-corrected chi connectivity index (χ1v) is 18.1. The predicted molar refractivity (Wildman–Crippen MR) is 225 cm³/mol. The third kappa shape index (κ3) is 6.10. The molecule has 0 spiro atoms. The second-order valence-electron chi connectivity index (χ2n) is 13.2. The van der Waals surface area contributed by atoms with Gasteiger partial charge in [-0.1, -0.05) is 146 Å². The maximum atomic E-state index is 6.60. The molecule has 0 saturated carbocycles. The number of nitrogens with zero attached hydrogens (tertiary/aromatic N) is 3. The molecule has 0 N–H and O–H groups in total. The van der Waals surface area contributed by atoms with Crippen molar-refractivity contribution in [2.24, 2.45) is 0 Å². The molecule has 4 heteroatoms. The van der Waals surface area contributed by atoms with E-state index in [4.69, 9.17) is 19.4 Å². The average molecular weight is 694 g/mol. The molecule has 4 nitrogen and oxygen atoms in total. The second kappa shape index (κ2) is 14.1. The van der Waals surface area contributed by atoms with Crippen molar-refractivity contribution in [3.05, 3.63) is 194 Å². The van der Waals surface area contributed by atoms with Crippen LogP contribution in [0.3, 0.4) is 0 Å². The summed E-state index contributed by atoms with van der Waals surface area (Å²) in [5, 5.41) is 4.22. The molecular weight excluding hydrogens is 659 g/mol. The van der Waals surface area contributed by atoms with E-state index < -0.39 is 0 Å². The van der Waals surface area contributed by atoms with E-state index in [2.05, 4.69) is 146 Å². The van der Waals surface area contributed by atoms with Crippen LogP contribution in [0.4, 0.5) is 0 Å². The number of allylic oxidation sites excluding steroid dienone is 5. The lowest BCUT2D eigenvalue weighted by Crippen LogP contribution is -2.04. The summed E-state index contributed by atoms with van der Waals surface area (Å²) in [5.41, 5.74) is 10.6. The Kier molecular flexibility index (Phi) is 8.54. The first-order chi connectivity index (χ1) is 26.7. The number of furan rings is 1. The second-order valence-corrected chi connectivity index (χ2v) is 13.2. The zero-order valence-electron chi connectivity index (χ0n) is 29.8. The lowest BCUT2D eigenvalue weighted by atomic mass is 9.93. The number of aromatic nitrogens is 3. The van der Waals surface area contributed by atoms with Crippen molar-refractivity contribution in [1.29, 1.82) is 0 Å². The molecule has 0 aliphatic heterocycles. The summed E-state index contributed by atoms with van der Waals surface area (Å²) in [6.07, 6.45) is 7.76. The molecule has 0 atom stereocenters. The van der Waals surface area contributed by atoms with Crippen LogP contribution in [0.2, 0.25) is 0 Å². The van der Waals surface area contributed by atoms with Crippen LogP contribution in [0.1, 0.15) is 12.7 Å². The molecule has 0 unspecified atom stereocenters. The molecule has 0 radical (unpaired) electrons. The van der Waals surface area contributed by atoms with Gasteiger partial charge in [0.25, 0.3) is 0 Å². The van der Waals surface area contributed by atoms with Gasteiger partial charge in [-0.05, 0) is 93.5 Å². The number of benzene rings is 7. The van der Waals surface area contributed by atoms with Gasteiger partial charge in [0, 0.05) is 27.5 Å². The molecule has 0 fully saturated rings. The minimum atomic E-state index is 0.531. The minimum Gasteiger partial charge on any atom is -0.456 e. The van der Waals surface area contributed by atoms with Crippen molar-refractivity contribution in [3.63, 3.8) is 0 Å². The van der Waals surface area contributed by atoms with Gasteiger partial charge in [-0.25, -0.2) is 15.0 Å². The van der Waals surface area contributed by atoms with Gasteiger partial charge >= 0.3 is 0 Å². The van der Waals surface area contributed by atoms with E-state index in [1.165, 1.54) is 0 Å². The average Bonchev–Trinajstić information content (AvgIpc) is 3.60. The van der Waals surface area contributed by atoms with Crippen molar-refractivity contribution in [1.82, 2.24) is 15.0 Å². The maximum Gasteiger partial charge on any atom is 0.165 e. The van der Waals surface area contributed by atoms with E-state index in [9.17, 15) is 0 Å². The lowest BCUT2D eigenvalue weighted by molar-refractivity contribution is 0.669. The number of hydrogen-bond acceptors (Lipinski definition) is 4. The van der Waals surface area contributed by atoms with E-state index >= 15 is 0 Å². The van der Waals surface area contributed by atoms with Crippen LogP contribution in [-0.2, 0) is 0 Å². The fourth-order valence-electron chi connectivity index (χ4n) is 7.18. The van der Waals surface area contributed by atoms with Crippen molar-refractivity contribution >= 4 is 38.3 Å². The maximum absolute atomic E-state index is 6.60. The van der Waals surface area contributed by atoms with Crippen LogP contribution in [0.15, 0.2) is 193 Å². The van der Waals surface area contributed by atoms with Crippen molar-refractivity contribution < 1.29 is 4.42 Å². The Morgan fingerprint density at radius 1 is 0.537 bits per heavy atom. The van der Waals surface area contributed by atoms with E-state index in [1.54, 1.807) is 6.08 Å². The van der Waals surface area contributed by atoms with Crippen molar-refractivity contribution in [2.75, 3.05) is 0 Å². The van der Waals surface area contributed by atoms with Crippen LogP contribution in [0, 0.1) is 0 Å². The first kappa shape index (κ1) is 32.7. The monoisotopic (exact) mass is 693 g/mol. The third-order valence-electron chi connectivity index (χ3n) is 9.80. The molecule has 9 rings (SSSR count). The minimum absolute atomic E-state index is 0.531. The van der Waals surface area contributed by atoms with Gasteiger partial charge < -0.3 is 4.42 Å². The summed E-state index contributed by atoms with van der Waals surface area (Å²) in [4.78, 5) is 15.8. The Bertz CT molecular complexity index is 2830. The smallest absolute Gasteiger partial charge is 0.165 e. The highest BCUT2D eigenvalue weighted by Gasteiger charge is 2.23. The quantitative estimate of drug-likeness (QED) is 0.149. The Morgan fingerprint density at radius 2 is 1.11 bits per heavy atom. The van der Waals surface area contributed by atoms with Gasteiger partial charge in [-0.3, -0.25) is 0 Å². The van der Waals surface area contributed by atoms with Crippen LogP contribution in [0.5, 0.6) is 0 Å². The fraction of sp³-hybridized carbons (Fsp3) is 0.0200. The molecule has 54 heavy (non-hydrogen) atoms. The van der Waals surface area contributed by atoms with Crippen LogP contribution in [0.25, 0.3) is 94.4 Å². The van der Waals surface area contributed by atoms with Crippen molar-refractivity contribution in [2.45, 2.75) is 6.92 Å². The van der Waals surface area contributed by atoms with Crippen molar-refractivity contribution in [3.8, 4) is 56.2 Å². The van der Waals surface area contributed by atoms with E-state index in [1.807, 2.05) is 43.4 Å². The summed E-state index contributed by atoms with van der Waals surface area (Å²) in [6.45, 7) is 6.15. The molecule has 2 heterocycles. The highest BCUT2D eigenvalue weighted by atomic mass is 16.3. The molecule has 2 aromatic heterocycles. The van der Waals surface area contributed by atoms with Crippen LogP contribution >= 0.6 is 0 Å². The van der Waals surface area contributed by atoms with Gasteiger partial charge in [0.1, 0.15) is 11.2 Å². The largest absolute Gasteiger partial charge is 0.456 e. The number of fused-ring (bicyclic) bond motifs is 4. The van der Waals surface area contributed by atoms with Gasteiger partial charge in [0.15, 0.2) is 17.5 Å². The number of rotatable bonds is 8. The highest BCUT2D eigenvalue weighted by Crippen LogP contribution is 2.43. The molecule has 7 aromatic carbocycles. The highest BCUT2D eigenvalue weighted by molar-refractivity contribution is 6.17. The molecule has 0 amide bonds. The van der Waals surface area contributed by atoms with Gasteiger partial charge in [0.2, 0.25) is 0 Å². The molecule has 0 bridgehead atoms. The lowest BCUT2D eigenvalue weighted by Gasteiger charge is -2.15. The van der Waals surface area contributed by atoms with Gasteiger partial charge in [-0.2, -0.15) is 0 Å². The standard InChI is InChI=1S/C50H35N3O/c1-3-5-17-33(4-2)48-51-49(41-29-39(34-18-9-6-10-19-34)28-40(30-41)35-20-11-7-12-21-35)53-50(52-48)47-42(36-22-13-8-14-23-36)26-27-44-46(47)43-31-37-24-15-16-25-38(37)32-45(43)54-44/h3-32H,2H2,1H3/b5-3-,33-17+. The fourth-order valence-corrected chi connectivity index (χ4v) is 7.18. The molecule has 0 aliphatic rings. The molecule has 256 valence electrons. The summed E-state index contributed by atoms with van der Waals surface area (Å²) in [5.74, 6) is 1.64. The summed E-state index contributed by atoms with van der Waals surface area (Å²) in [7, 11) is 0. The SMILES string of the molecule is C=C/C(=C\C=C/C)c1nc(-c2cc(-c3ccccc3)cc(-c3ccccc3)c2)nc(-c2c(-c3ccccc3)ccc3oc4cc5ccccc5cc4c23)n1. The Hall–Kier alpha value is -7.17. The summed E-state index contributed by atoms with van der Waals surface area (Å²) >= 11 is 0. The summed E-state index contributed by atoms with van der Waals surface area (Å²) in [6, 6.07) is 54.7. The summed E-state index contributed by atoms with van der Waals surface area (Å²) < 4.78 is 6.60. The number of hydrogen-bond donors (Lipinski definition) is 0. The molecule has 0 aliphatic carbocycles. The Morgan fingerprint density at radius 3 is 1.74 bits per heavy atom. The van der Waals surface area contributed by atoms with Gasteiger partial charge in [-0.15, -0.1) is 0 Å². The molecule has 0 saturated heterocycles. The van der Waals surface area contributed by atoms with E-state index in [0.29, 0.717) is 17.5 Å². The first-order valence-electron chi connectivity index (χ1n) is 18.1. The van der Waals surface area contributed by atoms with E-state index in [-0.39, 0.29) is 0 Å². The topological polar surface area (TPSA) is 51.8 Å². The zero-order chi connectivity index (χ0) is 36.4. The zero-order valence-corrected chi connectivity index (χ0v) is 29.8. The molecular formula is C50H35N3O.